The Labute approximate surface area is 133 Å². The summed E-state index contributed by atoms with van der Waals surface area (Å²) in [5.74, 6) is 0.672. The summed E-state index contributed by atoms with van der Waals surface area (Å²) < 4.78 is 0. The Balaban J connectivity index is 2.34. The lowest BCUT2D eigenvalue weighted by molar-refractivity contribution is 0.643. The quantitative estimate of drug-likeness (QED) is 0.804. The molecule has 0 saturated carbocycles. The zero-order valence-corrected chi connectivity index (χ0v) is 14.0. The lowest BCUT2D eigenvalue weighted by Gasteiger charge is -2.19. The van der Waals surface area contributed by atoms with Gasteiger partial charge in [-0.3, -0.25) is 0 Å². The van der Waals surface area contributed by atoms with Crippen LogP contribution in [0.1, 0.15) is 42.1 Å². The topological polar surface area (TPSA) is 12.0 Å². The second-order valence-corrected chi connectivity index (χ2v) is 6.48. The van der Waals surface area contributed by atoms with Gasteiger partial charge in [-0.05, 0) is 54.6 Å². The zero-order valence-electron chi connectivity index (χ0n) is 13.3. The molecule has 21 heavy (non-hydrogen) atoms. The maximum atomic E-state index is 6.14. The molecule has 0 heterocycles. The van der Waals surface area contributed by atoms with Crippen molar-refractivity contribution in [3.63, 3.8) is 0 Å². The lowest BCUT2D eigenvalue weighted by Crippen LogP contribution is -2.18. The number of aryl methyl sites for hydroxylation is 1. The molecular formula is C19H24ClN. The maximum absolute atomic E-state index is 6.14. The zero-order chi connectivity index (χ0) is 15.4. The first-order valence-electron chi connectivity index (χ1n) is 7.53. The largest absolute Gasteiger partial charge is 0.309 e. The molecule has 0 aliphatic carbocycles. The normalized spacial score (nSPS) is 12.7. The molecular weight excluding hydrogens is 278 g/mol. The van der Waals surface area contributed by atoms with Crippen LogP contribution in [-0.2, 0) is 6.42 Å². The minimum absolute atomic E-state index is 0.202. The molecule has 1 N–H and O–H groups in total. The second kappa shape index (κ2) is 7.11. The SMILES string of the molecule is CNC(c1cccc(CC(C)C)c1)c1ccc(Cl)c(C)c1. The fraction of sp³-hybridized carbons (Fsp3) is 0.368. The predicted molar refractivity (Wildman–Crippen MR) is 92.1 cm³/mol. The van der Waals surface area contributed by atoms with Crippen LogP contribution in [0.4, 0.5) is 0 Å². The summed E-state index contributed by atoms with van der Waals surface area (Å²) in [6.07, 6.45) is 1.11. The number of nitrogens with one attached hydrogen (secondary N) is 1. The van der Waals surface area contributed by atoms with E-state index >= 15 is 0 Å². The highest BCUT2D eigenvalue weighted by Gasteiger charge is 2.13. The van der Waals surface area contributed by atoms with Crippen LogP contribution in [0, 0.1) is 12.8 Å². The summed E-state index contributed by atoms with van der Waals surface area (Å²) in [6.45, 7) is 6.56. The van der Waals surface area contributed by atoms with Crippen LogP contribution in [0.25, 0.3) is 0 Å². The molecule has 0 aliphatic heterocycles. The molecule has 112 valence electrons. The highest BCUT2D eigenvalue weighted by molar-refractivity contribution is 6.31. The first kappa shape index (κ1) is 16.1. The maximum Gasteiger partial charge on any atom is 0.0574 e. The van der Waals surface area contributed by atoms with Crippen LogP contribution in [0.2, 0.25) is 5.02 Å². The van der Waals surface area contributed by atoms with E-state index < -0.39 is 0 Å². The average Bonchev–Trinajstić information content (AvgIpc) is 2.43. The van der Waals surface area contributed by atoms with Crippen LogP contribution in [0.5, 0.6) is 0 Å². The van der Waals surface area contributed by atoms with E-state index in [1.807, 2.05) is 20.0 Å². The van der Waals surface area contributed by atoms with Gasteiger partial charge in [0.15, 0.2) is 0 Å². The average molecular weight is 302 g/mol. The third-order valence-electron chi connectivity index (χ3n) is 3.73. The summed E-state index contributed by atoms with van der Waals surface area (Å²) in [6, 6.07) is 15.3. The minimum atomic E-state index is 0.202. The van der Waals surface area contributed by atoms with Gasteiger partial charge in [0.25, 0.3) is 0 Å². The highest BCUT2D eigenvalue weighted by atomic mass is 35.5. The van der Waals surface area contributed by atoms with Gasteiger partial charge in [0.05, 0.1) is 6.04 Å². The fourth-order valence-electron chi connectivity index (χ4n) is 2.74. The van der Waals surface area contributed by atoms with Gasteiger partial charge in [0.1, 0.15) is 0 Å². The van der Waals surface area contributed by atoms with Crippen molar-refractivity contribution in [2.24, 2.45) is 5.92 Å². The van der Waals surface area contributed by atoms with E-state index in [9.17, 15) is 0 Å². The first-order chi connectivity index (χ1) is 10.0. The smallest absolute Gasteiger partial charge is 0.0574 e. The molecule has 1 nitrogen and oxygen atoms in total. The van der Waals surface area contributed by atoms with Crippen LogP contribution in [0.15, 0.2) is 42.5 Å². The van der Waals surface area contributed by atoms with Gasteiger partial charge < -0.3 is 5.32 Å². The van der Waals surface area contributed by atoms with Gasteiger partial charge in [-0.2, -0.15) is 0 Å². The third kappa shape index (κ3) is 4.09. The Morgan fingerprint density at radius 3 is 2.38 bits per heavy atom. The molecule has 0 amide bonds. The van der Waals surface area contributed by atoms with Crippen LogP contribution in [-0.4, -0.2) is 7.05 Å². The Hall–Kier alpha value is -1.31. The van der Waals surface area contributed by atoms with Crippen LogP contribution < -0.4 is 5.32 Å². The third-order valence-corrected chi connectivity index (χ3v) is 4.16. The van der Waals surface area contributed by atoms with E-state index in [0.29, 0.717) is 5.92 Å². The molecule has 2 rings (SSSR count). The number of hydrogen-bond acceptors (Lipinski definition) is 1. The number of halogens is 1. The van der Waals surface area contributed by atoms with Gasteiger partial charge in [-0.1, -0.05) is 61.8 Å². The van der Waals surface area contributed by atoms with Crippen molar-refractivity contribution in [2.45, 2.75) is 33.2 Å². The standard InChI is InChI=1S/C19H24ClN/c1-13(2)10-15-6-5-7-16(12-15)19(21-4)17-8-9-18(20)14(3)11-17/h5-9,11-13,19,21H,10H2,1-4H3. The Kier molecular flexibility index (Phi) is 5.44. The van der Waals surface area contributed by atoms with E-state index in [4.69, 9.17) is 11.6 Å². The fourth-order valence-corrected chi connectivity index (χ4v) is 2.86. The van der Waals surface area contributed by atoms with Crippen molar-refractivity contribution < 1.29 is 0 Å². The van der Waals surface area contributed by atoms with Crippen LogP contribution >= 0.6 is 11.6 Å². The van der Waals surface area contributed by atoms with Gasteiger partial charge in [-0.15, -0.1) is 0 Å². The van der Waals surface area contributed by atoms with Gasteiger partial charge in [0.2, 0.25) is 0 Å². The number of benzene rings is 2. The number of rotatable bonds is 5. The summed E-state index contributed by atoms with van der Waals surface area (Å²) >= 11 is 6.14. The lowest BCUT2D eigenvalue weighted by atomic mass is 9.94. The number of hydrogen-bond donors (Lipinski definition) is 1. The predicted octanol–water partition coefficient (Wildman–Crippen LogP) is 5.16. The monoisotopic (exact) mass is 301 g/mol. The highest BCUT2D eigenvalue weighted by Crippen LogP contribution is 2.26. The van der Waals surface area contributed by atoms with Crippen molar-refractivity contribution in [1.82, 2.24) is 5.32 Å². The Morgan fingerprint density at radius 1 is 1.05 bits per heavy atom. The molecule has 0 aliphatic rings. The first-order valence-corrected chi connectivity index (χ1v) is 7.91. The van der Waals surface area contributed by atoms with Gasteiger partial charge in [0, 0.05) is 5.02 Å². The molecule has 2 aromatic carbocycles. The van der Waals surface area contributed by atoms with Crippen molar-refractivity contribution >= 4 is 11.6 Å². The molecule has 0 aromatic heterocycles. The molecule has 2 heteroatoms. The summed E-state index contributed by atoms with van der Waals surface area (Å²) in [5, 5.41) is 4.24. The Bertz CT molecular complexity index is 604. The van der Waals surface area contributed by atoms with E-state index in [1.54, 1.807) is 0 Å². The van der Waals surface area contributed by atoms with Crippen molar-refractivity contribution in [3.8, 4) is 0 Å². The Morgan fingerprint density at radius 2 is 1.76 bits per heavy atom. The summed E-state index contributed by atoms with van der Waals surface area (Å²) in [5.41, 5.74) is 5.07. The van der Waals surface area contributed by atoms with E-state index in [0.717, 1.165) is 17.0 Å². The summed E-state index contributed by atoms with van der Waals surface area (Å²) in [4.78, 5) is 0. The van der Waals surface area contributed by atoms with Gasteiger partial charge in [-0.25, -0.2) is 0 Å². The molecule has 1 unspecified atom stereocenters. The van der Waals surface area contributed by atoms with E-state index in [1.165, 1.54) is 16.7 Å². The molecule has 0 bridgehead atoms. The molecule has 0 fully saturated rings. The molecule has 2 aromatic rings. The molecule has 0 spiro atoms. The molecule has 1 atom stereocenters. The summed E-state index contributed by atoms with van der Waals surface area (Å²) in [7, 11) is 2.00. The molecule has 0 radical (unpaired) electrons. The van der Waals surface area contributed by atoms with E-state index in [-0.39, 0.29) is 6.04 Å². The van der Waals surface area contributed by atoms with Crippen LogP contribution in [0.3, 0.4) is 0 Å². The van der Waals surface area contributed by atoms with Crippen molar-refractivity contribution in [3.05, 3.63) is 69.7 Å². The van der Waals surface area contributed by atoms with Crippen molar-refractivity contribution in [2.75, 3.05) is 7.05 Å². The van der Waals surface area contributed by atoms with Crippen molar-refractivity contribution in [1.29, 1.82) is 0 Å². The van der Waals surface area contributed by atoms with Gasteiger partial charge >= 0.3 is 0 Å². The molecule has 0 saturated heterocycles. The minimum Gasteiger partial charge on any atom is -0.309 e. The second-order valence-electron chi connectivity index (χ2n) is 6.07. The van der Waals surface area contributed by atoms with E-state index in [2.05, 4.69) is 55.6 Å².